The molecule has 0 saturated heterocycles. The van der Waals surface area contributed by atoms with Crippen LogP contribution in [0.1, 0.15) is 0 Å². The first kappa shape index (κ1) is 12.5. The minimum Gasteiger partial charge on any atom is -0.244 e. The zero-order valence-corrected chi connectivity index (χ0v) is 6.49. The highest BCUT2D eigenvalue weighted by molar-refractivity contribution is 6.28. The highest BCUT2D eigenvalue weighted by Crippen LogP contribution is 2.42. The van der Waals surface area contributed by atoms with Crippen LogP contribution in [0.3, 0.4) is 0 Å². The van der Waals surface area contributed by atoms with Crippen LogP contribution in [0.2, 0.25) is 0 Å². The van der Waals surface area contributed by atoms with Gasteiger partial charge in [-0.15, -0.1) is 0 Å². The second kappa shape index (κ2) is 3.73. The van der Waals surface area contributed by atoms with E-state index in [0.717, 1.165) is 0 Å². The van der Waals surface area contributed by atoms with Crippen molar-refractivity contribution in [2.45, 2.75) is 11.8 Å². The van der Waals surface area contributed by atoms with Gasteiger partial charge in [0.2, 0.25) is 11.1 Å². The Hall–Kier alpha value is -0.460. The first-order chi connectivity index (χ1) is 5.66. The third kappa shape index (κ3) is 2.26. The van der Waals surface area contributed by atoms with E-state index < -0.39 is 29.6 Å². The zero-order chi connectivity index (χ0) is 10.9. The van der Waals surface area contributed by atoms with Gasteiger partial charge in [-0.05, 0) is 11.6 Å². The summed E-state index contributed by atoms with van der Waals surface area (Å²) in [6, 6.07) is 0. The van der Waals surface area contributed by atoms with E-state index in [1.165, 1.54) is 0 Å². The molecular weight excluding hydrogens is 228 g/mol. The molecule has 0 aromatic rings. The summed E-state index contributed by atoms with van der Waals surface area (Å²) in [5.74, 6) is -14.1. The molecule has 0 aliphatic carbocycles. The minimum atomic E-state index is -5.58. The van der Waals surface area contributed by atoms with Crippen LogP contribution in [0.15, 0.2) is 11.1 Å². The SMILES string of the molecule is FCC(F)(F)C(F)(F)/C(F)=C(\F)Cl. The van der Waals surface area contributed by atoms with E-state index in [-0.39, 0.29) is 0 Å². The molecule has 13 heavy (non-hydrogen) atoms. The Morgan fingerprint density at radius 1 is 1.08 bits per heavy atom. The van der Waals surface area contributed by atoms with Gasteiger partial charge >= 0.3 is 11.8 Å². The molecule has 0 heterocycles. The van der Waals surface area contributed by atoms with E-state index in [1.807, 2.05) is 0 Å². The molecule has 0 nitrogen and oxygen atoms in total. The highest BCUT2D eigenvalue weighted by atomic mass is 35.5. The summed E-state index contributed by atoms with van der Waals surface area (Å²) in [6.07, 6.45) is 0. The van der Waals surface area contributed by atoms with Crippen molar-refractivity contribution in [3.8, 4) is 0 Å². The lowest BCUT2D eigenvalue weighted by Gasteiger charge is -2.21. The summed E-state index contributed by atoms with van der Waals surface area (Å²) < 4.78 is 82.9. The van der Waals surface area contributed by atoms with Gasteiger partial charge in [-0.3, -0.25) is 0 Å². The molecule has 0 aliphatic rings. The molecule has 0 aromatic carbocycles. The van der Waals surface area contributed by atoms with E-state index >= 15 is 0 Å². The van der Waals surface area contributed by atoms with Crippen LogP contribution in [-0.2, 0) is 0 Å². The molecule has 8 heteroatoms. The Morgan fingerprint density at radius 3 is 1.69 bits per heavy atom. The average molecular weight is 231 g/mol. The fourth-order valence-corrected chi connectivity index (χ4v) is 0.482. The standard InChI is InChI=1S/C5H2ClF7/c6-3(9)2(8)5(12,13)4(10,11)1-7/h1H2/b3-2+. The molecule has 0 atom stereocenters. The number of alkyl halides is 5. The average Bonchev–Trinajstić information content (AvgIpc) is 2.02. The van der Waals surface area contributed by atoms with Crippen molar-refractivity contribution in [1.29, 1.82) is 0 Å². The topological polar surface area (TPSA) is 0 Å². The van der Waals surface area contributed by atoms with Gasteiger partial charge in [0.25, 0.3) is 0 Å². The summed E-state index contributed by atoms with van der Waals surface area (Å²) in [4.78, 5) is 0. The fourth-order valence-electron chi connectivity index (χ4n) is 0.363. The van der Waals surface area contributed by atoms with E-state index in [1.54, 1.807) is 0 Å². The molecule has 0 aromatic heterocycles. The number of halogens is 8. The summed E-state index contributed by atoms with van der Waals surface area (Å²) >= 11 is 4.08. The van der Waals surface area contributed by atoms with Gasteiger partial charge in [-0.25, -0.2) is 8.78 Å². The lowest BCUT2D eigenvalue weighted by Crippen LogP contribution is -2.43. The Balaban J connectivity index is 5.09. The fraction of sp³-hybridized carbons (Fsp3) is 0.600. The Morgan fingerprint density at radius 2 is 1.46 bits per heavy atom. The van der Waals surface area contributed by atoms with Crippen LogP contribution in [0.25, 0.3) is 0 Å². The number of rotatable bonds is 3. The van der Waals surface area contributed by atoms with Crippen LogP contribution in [0, 0.1) is 0 Å². The lowest BCUT2D eigenvalue weighted by molar-refractivity contribution is -0.202. The molecule has 0 aliphatic heterocycles. The van der Waals surface area contributed by atoms with Gasteiger partial charge in [0.05, 0.1) is 0 Å². The minimum absolute atomic E-state index is 2.63. The number of hydrogen-bond acceptors (Lipinski definition) is 0. The normalized spacial score (nSPS) is 15.7. The first-order valence-electron chi connectivity index (χ1n) is 2.69. The predicted octanol–water partition coefficient (Wildman–Crippen LogP) is 3.57. The maximum Gasteiger partial charge on any atom is 0.367 e. The van der Waals surface area contributed by atoms with Crippen LogP contribution < -0.4 is 0 Å². The molecule has 0 amide bonds. The number of allylic oxidation sites excluding steroid dienone is 1. The Labute approximate surface area is 73.0 Å². The van der Waals surface area contributed by atoms with Crippen LogP contribution in [-0.4, -0.2) is 18.5 Å². The van der Waals surface area contributed by atoms with Crippen molar-refractivity contribution in [3.05, 3.63) is 11.1 Å². The maximum atomic E-state index is 12.1. The van der Waals surface area contributed by atoms with Crippen molar-refractivity contribution < 1.29 is 30.7 Å². The molecule has 0 spiro atoms. The molecule has 0 bridgehead atoms. The molecule has 0 N–H and O–H groups in total. The monoisotopic (exact) mass is 230 g/mol. The summed E-state index contributed by atoms with van der Waals surface area (Å²) in [6.45, 7) is -2.82. The predicted molar refractivity (Wildman–Crippen MR) is 31.0 cm³/mol. The maximum absolute atomic E-state index is 12.1. The van der Waals surface area contributed by atoms with E-state index in [2.05, 4.69) is 11.6 Å². The lowest BCUT2D eigenvalue weighted by atomic mass is 10.2. The van der Waals surface area contributed by atoms with Crippen LogP contribution in [0.5, 0.6) is 0 Å². The van der Waals surface area contributed by atoms with Crippen LogP contribution >= 0.6 is 11.6 Å². The summed E-state index contributed by atoms with van der Waals surface area (Å²) in [7, 11) is 0. The number of hydrogen-bond donors (Lipinski definition) is 0. The van der Waals surface area contributed by atoms with E-state index in [9.17, 15) is 30.7 Å². The third-order valence-corrected chi connectivity index (χ3v) is 1.23. The highest BCUT2D eigenvalue weighted by Gasteiger charge is 2.61. The van der Waals surface area contributed by atoms with Gasteiger partial charge in [0.15, 0.2) is 6.67 Å². The van der Waals surface area contributed by atoms with Gasteiger partial charge < -0.3 is 0 Å². The third-order valence-electron chi connectivity index (χ3n) is 1.07. The zero-order valence-electron chi connectivity index (χ0n) is 5.73. The van der Waals surface area contributed by atoms with Crippen molar-refractivity contribution in [2.24, 2.45) is 0 Å². The molecule has 0 fully saturated rings. The van der Waals surface area contributed by atoms with Gasteiger partial charge in [-0.2, -0.15) is 22.0 Å². The van der Waals surface area contributed by atoms with Gasteiger partial charge in [0.1, 0.15) is 0 Å². The van der Waals surface area contributed by atoms with E-state index in [0.29, 0.717) is 0 Å². The molecule has 0 unspecified atom stereocenters. The van der Waals surface area contributed by atoms with Gasteiger partial charge in [0, 0.05) is 0 Å². The van der Waals surface area contributed by atoms with Crippen molar-refractivity contribution in [1.82, 2.24) is 0 Å². The van der Waals surface area contributed by atoms with Crippen molar-refractivity contribution in [2.75, 3.05) is 6.67 Å². The van der Waals surface area contributed by atoms with Gasteiger partial charge in [-0.1, -0.05) is 0 Å². The molecular formula is C5H2ClF7. The molecule has 0 radical (unpaired) electrons. The summed E-state index contributed by atoms with van der Waals surface area (Å²) in [5.41, 5.74) is 0. The largest absolute Gasteiger partial charge is 0.367 e. The Bertz CT molecular complexity index is 217. The molecule has 78 valence electrons. The smallest absolute Gasteiger partial charge is 0.244 e. The van der Waals surface area contributed by atoms with Crippen molar-refractivity contribution in [3.63, 3.8) is 0 Å². The second-order valence-electron chi connectivity index (χ2n) is 1.99. The quantitative estimate of drug-likeness (QED) is 0.650. The molecule has 0 rings (SSSR count). The molecule has 0 saturated carbocycles. The van der Waals surface area contributed by atoms with Crippen LogP contribution in [0.4, 0.5) is 30.7 Å². The Kier molecular flexibility index (Phi) is 3.60. The first-order valence-corrected chi connectivity index (χ1v) is 3.07. The van der Waals surface area contributed by atoms with Crippen molar-refractivity contribution >= 4 is 11.6 Å². The second-order valence-corrected chi connectivity index (χ2v) is 2.32. The summed E-state index contributed by atoms with van der Waals surface area (Å²) in [5, 5.41) is -2.63. The van der Waals surface area contributed by atoms with E-state index in [4.69, 9.17) is 0 Å².